The van der Waals surface area contributed by atoms with Crippen molar-refractivity contribution < 1.29 is 4.79 Å². The fourth-order valence-corrected chi connectivity index (χ4v) is 2.78. The summed E-state index contributed by atoms with van der Waals surface area (Å²) in [5, 5.41) is 3.32. The van der Waals surface area contributed by atoms with E-state index in [1.54, 1.807) is 0 Å². The molecule has 1 amide bonds. The fourth-order valence-electron chi connectivity index (χ4n) is 2.78. The molecule has 2 aliphatic rings. The fraction of sp³-hybridized carbons (Fsp3) is 0.923. The van der Waals surface area contributed by atoms with Gasteiger partial charge in [-0.05, 0) is 33.2 Å². The van der Waals surface area contributed by atoms with Gasteiger partial charge in [-0.15, -0.1) is 24.8 Å². The van der Waals surface area contributed by atoms with Crippen molar-refractivity contribution in [2.75, 3.05) is 39.3 Å². The first-order valence-electron chi connectivity index (χ1n) is 6.92. The first-order valence-corrected chi connectivity index (χ1v) is 6.92. The van der Waals surface area contributed by atoms with Crippen LogP contribution < -0.4 is 5.32 Å². The molecule has 0 aromatic heterocycles. The SMILES string of the molecule is CC(C)N1CCN(C(=O)[C@@H]2CCCNC2)CC1.Cl.Cl. The van der Waals surface area contributed by atoms with Crippen LogP contribution in [0.5, 0.6) is 0 Å². The van der Waals surface area contributed by atoms with E-state index in [2.05, 4.69) is 29.0 Å². The summed E-state index contributed by atoms with van der Waals surface area (Å²) in [6.07, 6.45) is 2.21. The molecule has 0 spiro atoms. The van der Waals surface area contributed by atoms with Gasteiger partial charge in [0.2, 0.25) is 5.91 Å². The van der Waals surface area contributed by atoms with E-state index < -0.39 is 0 Å². The number of amides is 1. The highest BCUT2D eigenvalue weighted by atomic mass is 35.5. The summed E-state index contributed by atoms with van der Waals surface area (Å²) in [6, 6.07) is 0.601. The van der Waals surface area contributed by atoms with Gasteiger partial charge in [-0.1, -0.05) is 0 Å². The highest BCUT2D eigenvalue weighted by Gasteiger charge is 2.28. The summed E-state index contributed by atoms with van der Waals surface area (Å²) < 4.78 is 0. The number of carbonyl (C=O) groups is 1. The number of piperidine rings is 1. The van der Waals surface area contributed by atoms with E-state index >= 15 is 0 Å². The molecule has 0 aliphatic carbocycles. The second kappa shape index (κ2) is 9.01. The van der Waals surface area contributed by atoms with Crippen molar-refractivity contribution in [3.05, 3.63) is 0 Å². The van der Waals surface area contributed by atoms with Crippen LogP contribution in [0, 0.1) is 5.92 Å². The van der Waals surface area contributed by atoms with Crippen LogP contribution in [0.2, 0.25) is 0 Å². The molecular formula is C13H27Cl2N3O. The Bertz CT molecular complexity index is 263. The normalized spacial score (nSPS) is 24.6. The topological polar surface area (TPSA) is 35.6 Å². The molecule has 114 valence electrons. The standard InChI is InChI=1S/C13H25N3O.2ClH/c1-11(2)15-6-8-16(9-7-15)13(17)12-4-3-5-14-10-12;;/h11-12,14H,3-10H2,1-2H3;2*1H/t12-;;/m1../s1. The largest absolute Gasteiger partial charge is 0.340 e. The molecule has 0 unspecified atom stereocenters. The minimum absolute atomic E-state index is 0. The molecule has 2 heterocycles. The van der Waals surface area contributed by atoms with Crippen molar-refractivity contribution in [1.82, 2.24) is 15.1 Å². The van der Waals surface area contributed by atoms with Crippen molar-refractivity contribution in [2.45, 2.75) is 32.7 Å². The first-order chi connectivity index (χ1) is 8.18. The summed E-state index contributed by atoms with van der Waals surface area (Å²) in [6.45, 7) is 10.3. The van der Waals surface area contributed by atoms with E-state index in [-0.39, 0.29) is 30.7 Å². The van der Waals surface area contributed by atoms with Crippen LogP contribution in [-0.2, 0) is 4.79 Å². The van der Waals surface area contributed by atoms with E-state index in [9.17, 15) is 4.79 Å². The van der Waals surface area contributed by atoms with Crippen LogP contribution in [-0.4, -0.2) is 61.0 Å². The molecule has 2 saturated heterocycles. The highest BCUT2D eigenvalue weighted by molar-refractivity contribution is 5.85. The minimum Gasteiger partial charge on any atom is -0.340 e. The van der Waals surface area contributed by atoms with Crippen molar-refractivity contribution in [1.29, 1.82) is 0 Å². The number of carbonyl (C=O) groups excluding carboxylic acids is 1. The molecule has 6 heteroatoms. The molecule has 2 fully saturated rings. The highest BCUT2D eigenvalue weighted by Crippen LogP contribution is 2.15. The molecule has 19 heavy (non-hydrogen) atoms. The van der Waals surface area contributed by atoms with E-state index in [1.807, 2.05) is 0 Å². The number of nitrogens with one attached hydrogen (secondary N) is 1. The third-order valence-corrected chi connectivity index (χ3v) is 4.00. The Hall–Kier alpha value is -0.0300. The Kier molecular flexibility index (Phi) is 8.99. The molecule has 0 saturated carbocycles. The quantitative estimate of drug-likeness (QED) is 0.837. The molecule has 0 radical (unpaired) electrons. The summed E-state index contributed by atoms with van der Waals surface area (Å²) in [7, 11) is 0. The van der Waals surface area contributed by atoms with Gasteiger partial charge in [0.15, 0.2) is 0 Å². The second-order valence-electron chi connectivity index (χ2n) is 5.50. The van der Waals surface area contributed by atoms with Gasteiger partial charge in [0, 0.05) is 38.8 Å². The zero-order chi connectivity index (χ0) is 12.3. The molecule has 0 aromatic rings. The lowest BCUT2D eigenvalue weighted by atomic mass is 9.98. The van der Waals surface area contributed by atoms with Gasteiger partial charge in [-0.3, -0.25) is 9.69 Å². The number of rotatable bonds is 2. The average Bonchev–Trinajstić information content (AvgIpc) is 2.39. The predicted octanol–water partition coefficient (Wildman–Crippen LogP) is 1.38. The number of halogens is 2. The zero-order valence-electron chi connectivity index (χ0n) is 11.9. The molecule has 4 nitrogen and oxygen atoms in total. The Labute approximate surface area is 129 Å². The number of piperazine rings is 1. The molecule has 0 aromatic carbocycles. The predicted molar refractivity (Wildman–Crippen MR) is 83.4 cm³/mol. The number of hydrogen-bond donors (Lipinski definition) is 1. The molecule has 0 bridgehead atoms. The van der Waals surface area contributed by atoms with Crippen LogP contribution >= 0.6 is 24.8 Å². The lowest BCUT2D eigenvalue weighted by Gasteiger charge is -2.38. The van der Waals surface area contributed by atoms with E-state index in [4.69, 9.17) is 0 Å². The maximum absolute atomic E-state index is 12.3. The van der Waals surface area contributed by atoms with Gasteiger partial charge < -0.3 is 10.2 Å². The number of hydrogen-bond acceptors (Lipinski definition) is 3. The van der Waals surface area contributed by atoms with Crippen LogP contribution in [0.4, 0.5) is 0 Å². The third-order valence-electron chi connectivity index (χ3n) is 4.00. The van der Waals surface area contributed by atoms with Gasteiger partial charge in [0.1, 0.15) is 0 Å². The summed E-state index contributed by atoms with van der Waals surface area (Å²) in [5.41, 5.74) is 0. The van der Waals surface area contributed by atoms with E-state index in [1.165, 1.54) is 0 Å². The maximum atomic E-state index is 12.3. The molecule has 1 atom stereocenters. The van der Waals surface area contributed by atoms with Gasteiger partial charge in [-0.2, -0.15) is 0 Å². The Balaban J connectivity index is 0.00000162. The lowest BCUT2D eigenvalue weighted by molar-refractivity contribution is -0.138. The number of nitrogens with zero attached hydrogens (tertiary/aromatic N) is 2. The van der Waals surface area contributed by atoms with E-state index in [0.717, 1.165) is 52.1 Å². The summed E-state index contributed by atoms with van der Waals surface area (Å²) >= 11 is 0. The molecule has 2 aliphatic heterocycles. The van der Waals surface area contributed by atoms with Crippen molar-refractivity contribution in [3.8, 4) is 0 Å². The van der Waals surface area contributed by atoms with Crippen molar-refractivity contribution in [3.63, 3.8) is 0 Å². The van der Waals surface area contributed by atoms with Crippen LogP contribution in [0.3, 0.4) is 0 Å². The maximum Gasteiger partial charge on any atom is 0.227 e. The first kappa shape index (κ1) is 19.0. The third kappa shape index (κ3) is 5.10. The monoisotopic (exact) mass is 311 g/mol. The molecular weight excluding hydrogens is 285 g/mol. The second-order valence-corrected chi connectivity index (χ2v) is 5.50. The van der Waals surface area contributed by atoms with Crippen LogP contribution in [0.25, 0.3) is 0 Å². The van der Waals surface area contributed by atoms with E-state index in [0.29, 0.717) is 11.9 Å². The Morgan fingerprint density at radius 2 is 1.79 bits per heavy atom. The van der Waals surface area contributed by atoms with Gasteiger partial charge >= 0.3 is 0 Å². The van der Waals surface area contributed by atoms with Gasteiger partial charge in [0.05, 0.1) is 5.92 Å². The smallest absolute Gasteiger partial charge is 0.227 e. The Morgan fingerprint density at radius 1 is 1.16 bits per heavy atom. The zero-order valence-corrected chi connectivity index (χ0v) is 13.6. The summed E-state index contributed by atoms with van der Waals surface area (Å²) in [5.74, 6) is 0.606. The molecule has 2 rings (SSSR count). The summed E-state index contributed by atoms with van der Waals surface area (Å²) in [4.78, 5) is 16.8. The Morgan fingerprint density at radius 3 is 2.26 bits per heavy atom. The van der Waals surface area contributed by atoms with Gasteiger partial charge in [-0.25, -0.2) is 0 Å². The van der Waals surface area contributed by atoms with Crippen LogP contribution in [0.15, 0.2) is 0 Å². The molecule has 1 N–H and O–H groups in total. The van der Waals surface area contributed by atoms with Crippen molar-refractivity contribution >= 4 is 30.7 Å². The average molecular weight is 312 g/mol. The minimum atomic E-state index is 0. The lowest BCUT2D eigenvalue weighted by Crippen LogP contribution is -2.53. The van der Waals surface area contributed by atoms with Crippen LogP contribution in [0.1, 0.15) is 26.7 Å². The van der Waals surface area contributed by atoms with Crippen molar-refractivity contribution in [2.24, 2.45) is 5.92 Å². The van der Waals surface area contributed by atoms with Gasteiger partial charge in [0.25, 0.3) is 0 Å².